The Kier molecular flexibility index (Phi) is 5.51. The number of oxime groups is 1. The normalized spacial score (nSPS) is 18.7. The summed E-state index contributed by atoms with van der Waals surface area (Å²) in [5.41, 5.74) is 1.46. The van der Waals surface area contributed by atoms with Crippen LogP contribution in [-0.4, -0.2) is 29.7 Å². The molecule has 0 amide bonds. The Hall–Kier alpha value is -2.41. The van der Waals surface area contributed by atoms with Crippen LogP contribution in [0.15, 0.2) is 46.7 Å². The van der Waals surface area contributed by atoms with Crippen molar-refractivity contribution in [2.45, 2.75) is 45.9 Å². The van der Waals surface area contributed by atoms with Gasteiger partial charge in [0.25, 0.3) is 0 Å². The first kappa shape index (κ1) is 19.4. The molecule has 0 spiro atoms. The van der Waals surface area contributed by atoms with E-state index in [4.69, 9.17) is 9.57 Å². The van der Waals surface area contributed by atoms with Crippen LogP contribution in [0.1, 0.15) is 37.4 Å². The summed E-state index contributed by atoms with van der Waals surface area (Å²) in [5, 5.41) is 10.3. The zero-order chi connectivity index (χ0) is 19.6. The van der Waals surface area contributed by atoms with Crippen LogP contribution in [0, 0.1) is 5.82 Å². The molecule has 1 aromatic carbocycles. The smallest absolute Gasteiger partial charge is 0.235 e. The fraction of sp³-hybridized carbons (Fsp3) is 0.400. The predicted octanol–water partition coefficient (Wildman–Crippen LogP) is 4.78. The largest absolute Gasteiger partial charge is 0.463 e. The van der Waals surface area contributed by atoms with E-state index in [1.54, 1.807) is 35.5 Å². The molecular weight excluding hydrogens is 365 g/mol. The molecule has 0 fully saturated rings. The highest BCUT2D eigenvalue weighted by Crippen LogP contribution is 2.29. The molecule has 1 aliphatic rings. The molecule has 0 radical (unpaired) electrons. The fourth-order valence-corrected chi connectivity index (χ4v) is 3.58. The third kappa shape index (κ3) is 4.66. The highest BCUT2D eigenvalue weighted by molar-refractivity contribution is 7.12. The molecule has 7 heteroatoms. The lowest BCUT2D eigenvalue weighted by atomic mass is 9.95. The van der Waals surface area contributed by atoms with Crippen molar-refractivity contribution in [3.8, 4) is 5.75 Å². The van der Waals surface area contributed by atoms with Crippen LogP contribution in [0.25, 0.3) is 0 Å². The molecule has 1 unspecified atom stereocenters. The molecule has 5 nitrogen and oxygen atoms in total. The van der Waals surface area contributed by atoms with Gasteiger partial charge in [0, 0.05) is 16.8 Å². The van der Waals surface area contributed by atoms with E-state index in [0.29, 0.717) is 18.1 Å². The van der Waals surface area contributed by atoms with E-state index in [0.717, 1.165) is 10.6 Å². The van der Waals surface area contributed by atoms with Crippen LogP contribution >= 0.6 is 11.3 Å². The minimum atomic E-state index is -0.510. The zero-order valence-electron chi connectivity index (χ0n) is 16.2. The average Bonchev–Trinajstić information content (AvgIpc) is 3.16. The van der Waals surface area contributed by atoms with Crippen molar-refractivity contribution < 1.29 is 14.0 Å². The average molecular weight is 389 g/mol. The second kappa shape index (κ2) is 7.68. The van der Waals surface area contributed by atoms with Crippen molar-refractivity contribution in [3.05, 3.63) is 52.0 Å². The minimum absolute atomic E-state index is 0.125. The number of halogens is 1. The molecule has 0 saturated carbocycles. The fourth-order valence-electron chi connectivity index (χ4n) is 2.61. The number of hydrazone groups is 1. The quantitative estimate of drug-likeness (QED) is 0.691. The Labute approximate surface area is 163 Å². The Morgan fingerprint density at radius 1 is 1.19 bits per heavy atom. The van der Waals surface area contributed by atoms with Gasteiger partial charge in [-0.2, -0.15) is 5.10 Å². The molecule has 2 aromatic rings. The highest BCUT2D eigenvalue weighted by atomic mass is 32.1. The second-order valence-corrected chi connectivity index (χ2v) is 8.62. The van der Waals surface area contributed by atoms with Crippen LogP contribution in [0.3, 0.4) is 0 Å². The van der Waals surface area contributed by atoms with Gasteiger partial charge in [0.15, 0.2) is 12.3 Å². The first-order valence-electron chi connectivity index (χ1n) is 8.74. The van der Waals surface area contributed by atoms with Crippen LogP contribution < -0.4 is 4.74 Å². The Morgan fingerprint density at radius 3 is 2.52 bits per heavy atom. The molecule has 1 aromatic heterocycles. The molecule has 27 heavy (non-hydrogen) atoms. The lowest BCUT2D eigenvalue weighted by molar-refractivity contribution is 0.0980. The molecule has 0 bridgehead atoms. The summed E-state index contributed by atoms with van der Waals surface area (Å²) in [4.78, 5) is 8.01. The lowest BCUT2D eigenvalue weighted by Gasteiger charge is -2.20. The van der Waals surface area contributed by atoms with Crippen molar-refractivity contribution in [1.82, 2.24) is 5.01 Å². The summed E-state index contributed by atoms with van der Waals surface area (Å²) >= 11 is 1.73. The number of nitrogens with zero attached hydrogens (tertiary/aromatic N) is 3. The van der Waals surface area contributed by atoms with Gasteiger partial charge in [-0.05, 0) is 48.7 Å². The monoisotopic (exact) mass is 389 g/mol. The van der Waals surface area contributed by atoms with Gasteiger partial charge < -0.3 is 9.57 Å². The van der Waals surface area contributed by atoms with Gasteiger partial charge in [0.1, 0.15) is 11.6 Å². The summed E-state index contributed by atoms with van der Waals surface area (Å²) in [7, 11) is 1.80. The van der Waals surface area contributed by atoms with Gasteiger partial charge in [-0.15, -0.1) is 11.3 Å². The van der Waals surface area contributed by atoms with Crippen LogP contribution in [-0.2, 0) is 16.9 Å². The molecular formula is C20H24FN3O2S. The number of thiophene rings is 1. The van der Waals surface area contributed by atoms with Crippen molar-refractivity contribution in [1.29, 1.82) is 0 Å². The first-order valence-corrected chi connectivity index (χ1v) is 9.55. The third-order valence-corrected chi connectivity index (χ3v) is 5.57. The van der Waals surface area contributed by atoms with Crippen LogP contribution in [0.2, 0.25) is 0 Å². The van der Waals surface area contributed by atoms with E-state index in [1.807, 2.05) is 6.92 Å². The standard InChI is InChI=1S/C20H24FN3O2S/c1-13-18(23-25-12-16-10-11-17(27-16)20(2,3)4)19(24(5)22-13)26-15-8-6-14(21)7-9-15/h6-11,19H,12H2,1-5H3. The molecule has 144 valence electrons. The van der Waals surface area contributed by atoms with Gasteiger partial charge in [-0.25, -0.2) is 4.39 Å². The molecule has 1 atom stereocenters. The zero-order valence-corrected chi connectivity index (χ0v) is 17.0. The minimum Gasteiger partial charge on any atom is -0.463 e. The Balaban J connectivity index is 1.67. The summed E-state index contributed by atoms with van der Waals surface area (Å²) in [6.07, 6.45) is -0.510. The first-order chi connectivity index (χ1) is 12.7. The lowest BCUT2D eigenvalue weighted by Crippen LogP contribution is -2.36. The Morgan fingerprint density at radius 2 is 1.89 bits per heavy atom. The van der Waals surface area contributed by atoms with E-state index in [9.17, 15) is 4.39 Å². The summed E-state index contributed by atoms with van der Waals surface area (Å²) in [5.74, 6) is 0.233. The van der Waals surface area contributed by atoms with E-state index < -0.39 is 6.23 Å². The summed E-state index contributed by atoms with van der Waals surface area (Å²) in [6, 6.07) is 10.1. The van der Waals surface area contributed by atoms with Crippen molar-refractivity contribution in [2.24, 2.45) is 10.3 Å². The number of hydrogen-bond donors (Lipinski definition) is 0. The molecule has 0 saturated heterocycles. The van der Waals surface area contributed by atoms with Gasteiger partial charge in [0.2, 0.25) is 6.23 Å². The Bertz CT molecular complexity index is 853. The third-order valence-electron chi connectivity index (χ3n) is 4.08. The maximum Gasteiger partial charge on any atom is 0.235 e. The predicted molar refractivity (Wildman–Crippen MR) is 107 cm³/mol. The van der Waals surface area contributed by atoms with Crippen molar-refractivity contribution in [3.63, 3.8) is 0 Å². The number of ether oxygens (including phenoxy) is 1. The van der Waals surface area contributed by atoms with Gasteiger partial charge >= 0.3 is 0 Å². The van der Waals surface area contributed by atoms with Gasteiger partial charge in [-0.1, -0.05) is 25.9 Å². The number of hydrogen-bond acceptors (Lipinski definition) is 6. The van der Waals surface area contributed by atoms with E-state index >= 15 is 0 Å². The maximum absolute atomic E-state index is 13.1. The van der Waals surface area contributed by atoms with E-state index in [2.05, 4.69) is 43.2 Å². The van der Waals surface area contributed by atoms with Crippen LogP contribution in [0.5, 0.6) is 5.75 Å². The summed E-state index contributed by atoms with van der Waals surface area (Å²) < 4.78 is 19.0. The second-order valence-electron chi connectivity index (χ2n) is 7.45. The molecule has 0 N–H and O–H groups in total. The van der Waals surface area contributed by atoms with Gasteiger partial charge in [0.05, 0.1) is 5.71 Å². The SMILES string of the molecule is CC1=NN(C)C(Oc2ccc(F)cc2)C1=NOCc1ccc(C(C)(C)C)s1. The molecule has 3 rings (SSSR count). The van der Waals surface area contributed by atoms with Crippen molar-refractivity contribution >= 4 is 22.8 Å². The topological polar surface area (TPSA) is 46.4 Å². The number of benzene rings is 1. The highest BCUT2D eigenvalue weighted by Gasteiger charge is 2.32. The maximum atomic E-state index is 13.1. The van der Waals surface area contributed by atoms with Crippen LogP contribution in [0.4, 0.5) is 4.39 Å². The molecule has 1 aliphatic heterocycles. The number of rotatable bonds is 5. The van der Waals surface area contributed by atoms with E-state index in [-0.39, 0.29) is 11.2 Å². The summed E-state index contributed by atoms with van der Waals surface area (Å²) in [6.45, 7) is 8.82. The van der Waals surface area contributed by atoms with Crippen molar-refractivity contribution in [2.75, 3.05) is 7.05 Å². The molecule has 0 aliphatic carbocycles. The van der Waals surface area contributed by atoms with E-state index in [1.165, 1.54) is 17.0 Å². The van der Waals surface area contributed by atoms with Gasteiger partial charge in [-0.3, -0.25) is 5.01 Å². The molecule has 2 heterocycles.